The van der Waals surface area contributed by atoms with E-state index in [1.807, 2.05) is 6.92 Å². The minimum atomic E-state index is -0.938. The maximum absolute atomic E-state index is 13.1. The van der Waals surface area contributed by atoms with Gasteiger partial charge in [0.15, 0.2) is 0 Å². The highest BCUT2D eigenvalue weighted by atomic mass is 16.3. The van der Waals surface area contributed by atoms with Crippen LogP contribution in [0, 0.1) is 28.6 Å². The maximum atomic E-state index is 13.1. The van der Waals surface area contributed by atoms with E-state index in [1.165, 1.54) is 4.90 Å². The van der Waals surface area contributed by atoms with E-state index in [4.69, 9.17) is 0 Å². The van der Waals surface area contributed by atoms with Gasteiger partial charge in [-0.1, -0.05) is 26.7 Å². The zero-order valence-electron chi connectivity index (χ0n) is 14.9. The fraction of sp³-hybridized carbons (Fsp3) is 0.842. The van der Waals surface area contributed by atoms with E-state index < -0.39 is 28.7 Å². The molecule has 0 radical (unpaired) electrons. The van der Waals surface area contributed by atoms with Crippen LogP contribution in [0.15, 0.2) is 0 Å². The van der Waals surface area contributed by atoms with E-state index in [0.29, 0.717) is 37.5 Å². The third-order valence-corrected chi connectivity index (χ3v) is 6.21. The molecule has 5 nitrogen and oxygen atoms in total. The van der Waals surface area contributed by atoms with Crippen molar-refractivity contribution in [2.75, 3.05) is 0 Å². The van der Waals surface area contributed by atoms with Crippen molar-refractivity contribution < 1.29 is 14.7 Å². The topological polar surface area (TPSA) is 81.4 Å². The molecule has 0 aromatic rings. The van der Waals surface area contributed by atoms with E-state index in [-0.39, 0.29) is 6.04 Å². The predicted octanol–water partition coefficient (Wildman–Crippen LogP) is 2.43. The van der Waals surface area contributed by atoms with E-state index in [9.17, 15) is 20.0 Å². The average Bonchev–Trinajstić information content (AvgIpc) is 3.13. The summed E-state index contributed by atoms with van der Waals surface area (Å²) >= 11 is 0. The number of Topliss-reactive ketones (excluding diaryl/α,β-unsaturated/α-hetero) is 1. The molecule has 1 N–H and O–H groups in total. The zero-order valence-corrected chi connectivity index (χ0v) is 14.9. The van der Waals surface area contributed by atoms with Gasteiger partial charge in [0.2, 0.25) is 5.78 Å². The van der Waals surface area contributed by atoms with Crippen molar-refractivity contribution in [3.63, 3.8) is 0 Å². The van der Waals surface area contributed by atoms with E-state index in [0.717, 1.165) is 19.3 Å². The monoisotopic (exact) mass is 332 g/mol. The van der Waals surface area contributed by atoms with Crippen LogP contribution >= 0.6 is 0 Å². The summed E-state index contributed by atoms with van der Waals surface area (Å²) in [5.41, 5.74) is -1.78. The molecule has 3 fully saturated rings. The smallest absolute Gasteiger partial charge is 0.291 e. The molecule has 3 aliphatic rings. The summed E-state index contributed by atoms with van der Waals surface area (Å²) in [5.74, 6) is -0.0896. The molecule has 1 heterocycles. The van der Waals surface area contributed by atoms with Crippen LogP contribution in [0.5, 0.6) is 0 Å². The van der Waals surface area contributed by atoms with Crippen LogP contribution in [0.3, 0.4) is 0 Å². The quantitative estimate of drug-likeness (QED) is 0.787. The molecule has 1 amide bonds. The second-order valence-electron chi connectivity index (χ2n) is 8.92. The predicted molar refractivity (Wildman–Crippen MR) is 88.7 cm³/mol. The number of aliphatic hydroxyl groups is 1. The van der Waals surface area contributed by atoms with Crippen LogP contribution in [0.2, 0.25) is 0 Å². The summed E-state index contributed by atoms with van der Waals surface area (Å²) in [6, 6.07) is 1.81. The Kier molecular flexibility index (Phi) is 4.24. The van der Waals surface area contributed by atoms with Gasteiger partial charge in [-0.3, -0.25) is 9.59 Å². The number of nitriles is 1. The number of hydrogen-bond acceptors (Lipinski definition) is 4. The van der Waals surface area contributed by atoms with Gasteiger partial charge in [0.25, 0.3) is 5.91 Å². The molecule has 5 heteroatoms. The van der Waals surface area contributed by atoms with E-state index in [2.05, 4.69) is 13.0 Å². The van der Waals surface area contributed by atoms with Crippen LogP contribution in [-0.2, 0) is 9.59 Å². The first-order valence-electron chi connectivity index (χ1n) is 9.16. The number of carbonyl (C=O) groups is 2. The number of rotatable bonds is 2. The van der Waals surface area contributed by atoms with Crippen molar-refractivity contribution in [2.45, 2.75) is 83.4 Å². The Labute approximate surface area is 144 Å². The summed E-state index contributed by atoms with van der Waals surface area (Å²) < 4.78 is 0. The number of carbonyl (C=O) groups excluding carboxylic acids is 2. The summed E-state index contributed by atoms with van der Waals surface area (Å²) in [7, 11) is 0. The second kappa shape index (κ2) is 5.84. The lowest BCUT2D eigenvalue weighted by Crippen LogP contribution is -2.50. The van der Waals surface area contributed by atoms with Crippen molar-refractivity contribution in [2.24, 2.45) is 17.3 Å². The molecule has 1 saturated heterocycles. The third-order valence-electron chi connectivity index (χ3n) is 6.21. The highest BCUT2D eigenvalue weighted by Crippen LogP contribution is 2.49. The van der Waals surface area contributed by atoms with Crippen LogP contribution in [0.4, 0.5) is 0 Å². The lowest BCUT2D eigenvalue weighted by atomic mass is 9.68. The number of likely N-dealkylation sites (tertiary alicyclic amines) is 1. The average molecular weight is 332 g/mol. The number of hydrogen-bond donors (Lipinski definition) is 1. The highest BCUT2D eigenvalue weighted by molar-refractivity contribution is 6.38. The van der Waals surface area contributed by atoms with Crippen LogP contribution in [0.1, 0.15) is 65.7 Å². The third kappa shape index (κ3) is 3.09. The summed E-state index contributed by atoms with van der Waals surface area (Å²) in [6.07, 6.45) is 5.06. The fourth-order valence-corrected chi connectivity index (χ4v) is 5.13. The molecule has 5 unspecified atom stereocenters. The number of ketones is 1. The van der Waals surface area contributed by atoms with Crippen molar-refractivity contribution in [3.05, 3.63) is 0 Å². The number of fused-ring (bicyclic) bond motifs is 1. The molecule has 0 aromatic carbocycles. The second-order valence-corrected chi connectivity index (χ2v) is 8.92. The Morgan fingerprint density at radius 2 is 2.00 bits per heavy atom. The molecule has 0 bridgehead atoms. The van der Waals surface area contributed by atoms with Crippen LogP contribution in [0.25, 0.3) is 0 Å². The van der Waals surface area contributed by atoms with Crippen molar-refractivity contribution in [1.29, 1.82) is 5.26 Å². The van der Waals surface area contributed by atoms with Gasteiger partial charge in [0.1, 0.15) is 6.04 Å². The molecular formula is C19H28N2O3. The maximum Gasteiger partial charge on any atom is 0.291 e. The van der Waals surface area contributed by atoms with Gasteiger partial charge in [-0.25, -0.2) is 0 Å². The normalized spacial score (nSPS) is 44.9. The Bertz CT molecular complexity index is 594. The molecule has 0 aromatic heterocycles. The first kappa shape index (κ1) is 17.4. The molecule has 1 aliphatic heterocycles. The lowest BCUT2D eigenvalue weighted by Gasteiger charge is -2.39. The Morgan fingerprint density at radius 3 is 2.67 bits per heavy atom. The van der Waals surface area contributed by atoms with E-state index >= 15 is 0 Å². The van der Waals surface area contributed by atoms with Gasteiger partial charge in [-0.05, 0) is 50.9 Å². The highest BCUT2D eigenvalue weighted by Gasteiger charge is 2.57. The molecular weight excluding hydrogens is 304 g/mol. The van der Waals surface area contributed by atoms with Gasteiger partial charge in [-0.2, -0.15) is 5.26 Å². The summed E-state index contributed by atoms with van der Waals surface area (Å²) in [5, 5.41) is 20.0. The first-order valence-corrected chi connectivity index (χ1v) is 9.16. The molecule has 6 atom stereocenters. The number of amides is 1. The molecule has 24 heavy (non-hydrogen) atoms. The SMILES string of the molecule is CC1CCCC(C)(C(=O)C(=O)N2C(C#N)CC3CC32)C[C@@](C)(O)C1. The zero-order chi connectivity index (χ0) is 17.7. The van der Waals surface area contributed by atoms with Gasteiger partial charge < -0.3 is 10.0 Å². The van der Waals surface area contributed by atoms with Gasteiger partial charge in [-0.15, -0.1) is 0 Å². The first-order chi connectivity index (χ1) is 11.2. The number of nitrogens with zero attached hydrogens (tertiary/aromatic N) is 2. The Morgan fingerprint density at radius 1 is 1.29 bits per heavy atom. The standard InChI is InChI=1S/C19H28N2O3/c1-12-5-4-6-18(2,11-19(3,24)9-12)16(22)17(23)21-14(10-20)7-13-8-15(13)21/h12-15,24H,4-9,11H2,1-3H3/t12?,13?,14?,15?,18?,19-/m0/s1. The van der Waals surface area contributed by atoms with Gasteiger partial charge in [0.05, 0.1) is 11.7 Å². The summed E-state index contributed by atoms with van der Waals surface area (Å²) in [6.45, 7) is 5.72. The molecule has 132 valence electrons. The molecule has 2 aliphatic carbocycles. The van der Waals surface area contributed by atoms with Crippen molar-refractivity contribution >= 4 is 11.7 Å². The van der Waals surface area contributed by atoms with Crippen molar-refractivity contribution in [1.82, 2.24) is 4.90 Å². The Balaban J connectivity index is 1.79. The van der Waals surface area contributed by atoms with Crippen molar-refractivity contribution in [3.8, 4) is 6.07 Å². The van der Waals surface area contributed by atoms with Gasteiger partial charge >= 0.3 is 0 Å². The van der Waals surface area contributed by atoms with Crippen LogP contribution < -0.4 is 0 Å². The van der Waals surface area contributed by atoms with Crippen LogP contribution in [-0.4, -0.2) is 39.4 Å². The summed E-state index contributed by atoms with van der Waals surface area (Å²) in [4.78, 5) is 27.5. The minimum Gasteiger partial charge on any atom is -0.390 e. The van der Waals surface area contributed by atoms with Gasteiger partial charge in [0, 0.05) is 11.5 Å². The largest absolute Gasteiger partial charge is 0.390 e. The fourth-order valence-electron chi connectivity index (χ4n) is 5.13. The Hall–Kier alpha value is -1.41. The number of piperidine rings is 1. The minimum absolute atomic E-state index is 0.0868. The molecule has 0 spiro atoms. The molecule has 3 rings (SSSR count). The lowest BCUT2D eigenvalue weighted by molar-refractivity contribution is -0.153. The molecule has 2 saturated carbocycles. The van der Waals surface area contributed by atoms with E-state index in [1.54, 1.807) is 6.92 Å².